The lowest BCUT2D eigenvalue weighted by molar-refractivity contribution is -0.144. The Labute approximate surface area is 165 Å². The van der Waals surface area contributed by atoms with E-state index in [4.69, 9.17) is 9.84 Å². The van der Waals surface area contributed by atoms with Crippen molar-refractivity contribution in [2.45, 2.75) is 26.0 Å². The van der Waals surface area contributed by atoms with E-state index in [2.05, 4.69) is 5.32 Å². The maximum absolute atomic E-state index is 12.3. The largest absolute Gasteiger partial charge is 0.489 e. The standard InChI is InChI=1S/C22H26N2O4/c25-21(15-24-12-6-9-18(14-24)22(26)27)23-13-17-7-4-5-8-19(17)16-28-20-10-2-1-3-11-20/h1-5,7-8,10-11,18H,6,9,12-16H2,(H,23,25)(H,26,27). The maximum atomic E-state index is 12.3. The van der Waals surface area contributed by atoms with Crippen LogP contribution in [0.3, 0.4) is 0 Å². The monoisotopic (exact) mass is 382 g/mol. The number of benzene rings is 2. The lowest BCUT2D eigenvalue weighted by Crippen LogP contribution is -2.44. The molecule has 1 atom stereocenters. The SMILES string of the molecule is O=C(CN1CCCC(C(=O)O)C1)NCc1ccccc1COc1ccccc1. The lowest BCUT2D eigenvalue weighted by atomic mass is 9.98. The molecule has 1 amide bonds. The van der Waals surface area contributed by atoms with Crippen LogP contribution in [-0.2, 0) is 22.7 Å². The molecule has 1 heterocycles. The number of piperidine rings is 1. The number of hydrogen-bond acceptors (Lipinski definition) is 4. The van der Waals surface area contributed by atoms with Gasteiger partial charge in [0, 0.05) is 13.1 Å². The molecule has 28 heavy (non-hydrogen) atoms. The molecule has 6 heteroatoms. The van der Waals surface area contributed by atoms with Crippen LogP contribution in [0, 0.1) is 5.92 Å². The van der Waals surface area contributed by atoms with E-state index < -0.39 is 5.97 Å². The Morgan fingerprint density at radius 1 is 1.07 bits per heavy atom. The summed E-state index contributed by atoms with van der Waals surface area (Å²) in [5.41, 5.74) is 2.03. The molecule has 0 aliphatic carbocycles. The number of likely N-dealkylation sites (tertiary alicyclic amines) is 1. The number of rotatable bonds is 8. The second kappa shape index (κ2) is 9.90. The van der Waals surface area contributed by atoms with Gasteiger partial charge in [0.2, 0.25) is 5.91 Å². The summed E-state index contributed by atoms with van der Waals surface area (Å²) in [6.07, 6.45) is 1.49. The highest BCUT2D eigenvalue weighted by atomic mass is 16.5. The Morgan fingerprint density at radius 2 is 1.79 bits per heavy atom. The molecule has 3 rings (SSSR count). The number of aliphatic carboxylic acids is 1. The van der Waals surface area contributed by atoms with Gasteiger partial charge < -0.3 is 15.2 Å². The Hall–Kier alpha value is -2.86. The highest BCUT2D eigenvalue weighted by Crippen LogP contribution is 2.17. The van der Waals surface area contributed by atoms with Gasteiger partial charge in [-0.05, 0) is 42.6 Å². The Morgan fingerprint density at radius 3 is 2.54 bits per heavy atom. The van der Waals surface area contributed by atoms with E-state index in [1.807, 2.05) is 59.5 Å². The molecule has 148 valence electrons. The molecule has 2 N–H and O–H groups in total. The van der Waals surface area contributed by atoms with E-state index in [1.54, 1.807) is 0 Å². The molecule has 2 aromatic rings. The molecule has 1 aliphatic rings. The van der Waals surface area contributed by atoms with Crippen molar-refractivity contribution in [3.8, 4) is 5.75 Å². The van der Waals surface area contributed by atoms with Crippen molar-refractivity contribution < 1.29 is 19.4 Å². The number of hydrogen-bond donors (Lipinski definition) is 2. The van der Waals surface area contributed by atoms with Crippen molar-refractivity contribution in [2.24, 2.45) is 5.92 Å². The van der Waals surface area contributed by atoms with Crippen LogP contribution in [0.25, 0.3) is 0 Å². The van der Waals surface area contributed by atoms with Crippen molar-refractivity contribution in [1.29, 1.82) is 0 Å². The summed E-state index contributed by atoms with van der Waals surface area (Å²) in [6, 6.07) is 17.5. The predicted octanol–water partition coefficient (Wildman–Crippen LogP) is 2.68. The van der Waals surface area contributed by atoms with Crippen LogP contribution >= 0.6 is 0 Å². The van der Waals surface area contributed by atoms with Crippen LogP contribution in [-0.4, -0.2) is 41.5 Å². The van der Waals surface area contributed by atoms with Gasteiger partial charge in [-0.25, -0.2) is 0 Å². The van der Waals surface area contributed by atoms with Gasteiger partial charge in [0.15, 0.2) is 0 Å². The third kappa shape index (κ3) is 5.82. The van der Waals surface area contributed by atoms with Crippen LogP contribution in [0.2, 0.25) is 0 Å². The number of nitrogens with zero attached hydrogens (tertiary/aromatic N) is 1. The molecule has 1 aliphatic heterocycles. The third-order valence-electron chi connectivity index (χ3n) is 4.95. The van der Waals surface area contributed by atoms with E-state index in [0.717, 1.165) is 29.8 Å². The summed E-state index contributed by atoms with van der Waals surface area (Å²) in [5.74, 6) is -0.445. The molecule has 1 unspecified atom stereocenters. The number of carboxylic acid groups (broad SMARTS) is 1. The van der Waals surface area contributed by atoms with Crippen LogP contribution < -0.4 is 10.1 Å². The summed E-state index contributed by atoms with van der Waals surface area (Å²) >= 11 is 0. The van der Waals surface area contributed by atoms with E-state index in [0.29, 0.717) is 26.1 Å². The zero-order chi connectivity index (χ0) is 19.8. The first-order valence-electron chi connectivity index (χ1n) is 9.58. The third-order valence-corrected chi connectivity index (χ3v) is 4.95. The molecule has 0 radical (unpaired) electrons. The fourth-order valence-corrected chi connectivity index (χ4v) is 3.40. The van der Waals surface area contributed by atoms with E-state index in [9.17, 15) is 9.59 Å². The quantitative estimate of drug-likeness (QED) is 0.734. The summed E-state index contributed by atoms with van der Waals surface area (Å²) in [5, 5.41) is 12.1. The van der Waals surface area contributed by atoms with Crippen LogP contribution in [0.1, 0.15) is 24.0 Å². The van der Waals surface area contributed by atoms with Crippen molar-refractivity contribution >= 4 is 11.9 Å². The summed E-state index contributed by atoms with van der Waals surface area (Å²) in [7, 11) is 0. The van der Waals surface area contributed by atoms with E-state index in [-0.39, 0.29) is 18.4 Å². The molecule has 2 aromatic carbocycles. The molecule has 0 spiro atoms. The minimum absolute atomic E-state index is 0.0928. The summed E-state index contributed by atoms with van der Waals surface area (Å²) < 4.78 is 5.82. The first-order valence-corrected chi connectivity index (χ1v) is 9.58. The second-order valence-electron chi connectivity index (χ2n) is 7.06. The Bertz CT molecular complexity index is 794. The second-order valence-corrected chi connectivity index (χ2v) is 7.06. The lowest BCUT2D eigenvalue weighted by Gasteiger charge is -2.29. The van der Waals surface area contributed by atoms with Gasteiger partial charge in [-0.2, -0.15) is 0 Å². The van der Waals surface area contributed by atoms with Crippen molar-refractivity contribution in [3.05, 3.63) is 65.7 Å². The zero-order valence-corrected chi connectivity index (χ0v) is 15.8. The molecule has 1 fully saturated rings. The summed E-state index contributed by atoms with van der Waals surface area (Å²) in [4.78, 5) is 25.4. The Kier molecular flexibility index (Phi) is 7.03. The molecular formula is C22H26N2O4. The smallest absolute Gasteiger partial charge is 0.307 e. The van der Waals surface area contributed by atoms with Crippen LogP contribution in [0.15, 0.2) is 54.6 Å². The van der Waals surface area contributed by atoms with Gasteiger partial charge in [-0.3, -0.25) is 14.5 Å². The van der Waals surface area contributed by atoms with E-state index in [1.165, 1.54) is 0 Å². The number of amides is 1. The van der Waals surface area contributed by atoms with Gasteiger partial charge in [0.25, 0.3) is 0 Å². The van der Waals surface area contributed by atoms with Crippen molar-refractivity contribution in [1.82, 2.24) is 10.2 Å². The van der Waals surface area contributed by atoms with E-state index >= 15 is 0 Å². The Balaban J connectivity index is 1.50. The molecular weight excluding hydrogens is 356 g/mol. The molecule has 1 saturated heterocycles. The number of carboxylic acids is 1. The molecule has 6 nitrogen and oxygen atoms in total. The fraction of sp³-hybridized carbons (Fsp3) is 0.364. The number of para-hydroxylation sites is 1. The minimum atomic E-state index is -0.780. The maximum Gasteiger partial charge on any atom is 0.307 e. The molecule has 0 aromatic heterocycles. The average molecular weight is 382 g/mol. The molecule has 0 bridgehead atoms. The first-order chi connectivity index (χ1) is 13.6. The van der Waals surface area contributed by atoms with Crippen molar-refractivity contribution in [3.63, 3.8) is 0 Å². The number of carbonyl (C=O) groups excluding carboxylic acids is 1. The van der Waals surface area contributed by atoms with Gasteiger partial charge >= 0.3 is 5.97 Å². The number of ether oxygens (including phenoxy) is 1. The minimum Gasteiger partial charge on any atom is -0.489 e. The van der Waals surface area contributed by atoms with Crippen LogP contribution in [0.5, 0.6) is 5.75 Å². The highest BCUT2D eigenvalue weighted by molar-refractivity contribution is 5.78. The van der Waals surface area contributed by atoms with Gasteiger partial charge in [-0.15, -0.1) is 0 Å². The fourth-order valence-electron chi connectivity index (χ4n) is 3.40. The normalized spacial score (nSPS) is 17.1. The molecule has 0 saturated carbocycles. The number of nitrogens with one attached hydrogen (secondary N) is 1. The predicted molar refractivity (Wildman–Crippen MR) is 106 cm³/mol. The van der Waals surface area contributed by atoms with Gasteiger partial charge in [0.1, 0.15) is 12.4 Å². The highest BCUT2D eigenvalue weighted by Gasteiger charge is 2.26. The zero-order valence-electron chi connectivity index (χ0n) is 15.8. The van der Waals surface area contributed by atoms with Gasteiger partial charge in [0.05, 0.1) is 12.5 Å². The van der Waals surface area contributed by atoms with Crippen LogP contribution in [0.4, 0.5) is 0 Å². The van der Waals surface area contributed by atoms with Crippen molar-refractivity contribution in [2.75, 3.05) is 19.6 Å². The van der Waals surface area contributed by atoms with Gasteiger partial charge in [-0.1, -0.05) is 42.5 Å². The first kappa shape index (κ1) is 19.9. The number of carbonyl (C=O) groups is 2. The topological polar surface area (TPSA) is 78.9 Å². The summed E-state index contributed by atoms with van der Waals surface area (Å²) in [6.45, 7) is 2.28. The average Bonchev–Trinajstić information content (AvgIpc) is 2.72.